The van der Waals surface area contributed by atoms with Crippen molar-refractivity contribution in [3.05, 3.63) is 0 Å². The number of carbonyl (C=O) groups is 2. The van der Waals surface area contributed by atoms with Gasteiger partial charge in [0.05, 0.1) is 6.54 Å². The fourth-order valence-corrected chi connectivity index (χ4v) is 1.64. The molecule has 0 aromatic carbocycles. The van der Waals surface area contributed by atoms with E-state index in [1.807, 2.05) is 13.8 Å². The van der Waals surface area contributed by atoms with Crippen molar-refractivity contribution in [2.75, 3.05) is 13.1 Å². The van der Waals surface area contributed by atoms with Crippen LogP contribution in [0.5, 0.6) is 0 Å². The Balaban J connectivity index is 2.65. The van der Waals surface area contributed by atoms with E-state index in [4.69, 9.17) is 5.73 Å². The Morgan fingerprint density at radius 3 is 2.69 bits per heavy atom. The van der Waals surface area contributed by atoms with Crippen molar-refractivity contribution in [3.8, 4) is 0 Å². The van der Waals surface area contributed by atoms with Gasteiger partial charge >= 0.3 is 0 Å². The van der Waals surface area contributed by atoms with Crippen molar-refractivity contribution in [1.29, 1.82) is 0 Å². The number of hydrogen-bond acceptors (Lipinski definition) is 2. The first-order chi connectivity index (χ1) is 5.99. The maximum Gasteiger partial charge on any atom is 0.237 e. The summed E-state index contributed by atoms with van der Waals surface area (Å²) in [6.07, 6.45) is 1.65. The standard InChI is InChI=1S/C9H16N2O2/c1-3-9(2)4-5-11(8(9)13)6-7(10)12/h3-6H2,1-2H3,(H2,10,12). The van der Waals surface area contributed by atoms with Crippen LogP contribution in [0.25, 0.3) is 0 Å². The van der Waals surface area contributed by atoms with Gasteiger partial charge in [-0.3, -0.25) is 9.59 Å². The molecule has 74 valence electrons. The minimum Gasteiger partial charge on any atom is -0.368 e. The average Bonchev–Trinajstić information content (AvgIpc) is 2.33. The third-order valence-corrected chi connectivity index (χ3v) is 2.86. The zero-order valence-electron chi connectivity index (χ0n) is 8.17. The highest BCUT2D eigenvalue weighted by Crippen LogP contribution is 2.34. The highest BCUT2D eigenvalue weighted by molar-refractivity contribution is 5.88. The van der Waals surface area contributed by atoms with Crippen molar-refractivity contribution >= 4 is 11.8 Å². The Bertz CT molecular complexity index is 240. The predicted octanol–water partition coefficient (Wildman–Crippen LogP) is 0.120. The van der Waals surface area contributed by atoms with Crippen LogP contribution in [0, 0.1) is 5.41 Å². The molecular weight excluding hydrogens is 168 g/mol. The van der Waals surface area contributed by atoms with Crippen molar-refractivity contribution in [1.82, 2.24) is 4.90 Å². The van der Waals surface area contributed by atoms with Crippen LogP contribution in [0.4, 0.5) is 0 Å². The molecule has 0 spiro atoms. The molecule has 0 radical (unpaired) electrons. The number of carbonyl (C=O) groups excluding carboxylic acids is 2. The van der Waals surface area contributed by atoms with Gasteiger partial charge in [0.1, 0.15) is 0 Å². The molecule has 1 saturated heterocycles. The number of hydrogen-bond donors (Lipinski definition) is 1. The number of likely N-dealkylation sites (tertiary alicyclic amines) is 1. The Morgan fingerprint density at radius 2 is 2.31 bits per heavy atom. The van der Waals surface area contributed by atoms with Crippen molar-refractivity contribution in [3.63, 3.8) is 0 Å². The van der Waals surface area contributed by atoms with Crippen LogP contribution < -0.4 is 5.73 Å². The Morgan fingerprint density at radius 1 is 1.69 bits per heavy atom. The summed E-state index contributed by atoms with van der Waals surface area (Å²) in [5.41, 5.74) is 4.76. The van der Waals surface area contributed by atoms with Crippen LogP contribution in [0.3, 0.4) is 0 Å². The van der Waals surface area contributed by atoms with Crippen molar-refractivity contribution < 1.29 is 9.59 Å². The van der Waals surface area contributed by atoms with Gasteiger partial charge in [-0.05, 0) is 12.8 Å². The highest BCUT2D eigenvalue weighted by Gasteiger charge is 2.41. The van der Waals surface area contributed by atoms with E-state index in [1.165, 1.54) is 0 Å². The second kappa shape index (κ2) is 3.36. The Kier molecular flexibility index (Phi) is 2.59. The third kappa shape index (κ3) is 1.82. The maximum atomic E-state index is 11.7. The lowest BCUT2D eigenvalue weighted by atomic mass is 9.86. The molecule has 0 aromatic heterocycles. The topological polar surface area (TPSA) is 63.4 Å². The SMILES string of the molecule is CCC1(C)CCN(CC(N)=O)C1=O. The van der Waals surface area contributed by atoms with E-state index in [9.17, 15) is 9.59 Å². The van der Waals surface area contributed by atoms with E-state index >= 15 is 0 Å². The molecule has 0 aliphatic carbocycles. The summed E-state index contributed by atoms with van der Waals surface area (Å²) in [4.78, 5) is 23.9. The first kappa shape index (κ1) is 10.0. The molecule has 1 fully saturated rings. The number of nitrogens with zero attached hydrogens (tertiary/aromatic N) is 1. The lowest BCUT2D eigenvalue weighted by molar-refractivity contribution is -0.138. The van der Waals surface area contributed by atoms with Crippen LogP contribution >= 0.6 is 0 Å². The second-order valence-electron chi connectivity index (χ2n) is 3.86. The molecule has 2 N–H and O–H groups in total. The molecule has 0 aromatic rings. The summed E-state index contributed by atoms with van der Waals surface area (Å²) in [5.74, 6) is -0.373. The molecule has 1 aliphatic heterocycles. The van der Waals surface area contributed by atoms with E-state index in [0.29, 0.717) is 6.54 Å². The summed E-state index contributed by atoms with van der Waals surface area (Å²) in [6, 6.07) is 0. The number of amides is 2. The number of nitrogens with two attached hydrogens (primary N) is 1. The van der Waals surface area contributed by atoms with Gasteiger partial charge in [-0.15, -0.1) is 0 Å². The van der Waals surface area contributed by atoms with Crippen LogP contribution in [0.15, 0.2) is 0 Å². The summed E-state index contributed by atoms with van der Waals surface area (Å²) < 4.78 is 0. The molecule has 1 atom stereocenters. The normalized spacial score (nSPS) is 28.2. The molecule has 1 heterocycles. The minimum atomic E-state index is -0.436. The smallest absolute Gasteiger partial charge is 0.237 e. The molecule has 13 heavy (non-hydrogen) atoms. The van der Waals surface area contributed by atoms with E-state index in [-0.39, 0.29) is 17.9 Å². The van der Waals surface area contributed by atoms with E-state index in [1.54, 1.807) is 4.90 Å². The van der Waals surface area contributed by atoms with Gasteiger partial charge < -0.3 is 10.6 Å². The van der Waals surface area contributed by atoms with Gasteiger partial charge in [0.15, 0.2) is 0 Å². The molecule has 2 amide bonds. The molecule has 4 heteroatoms. The highest BCUT2D eigenvalue weighted by atomic mass is 16.2. The Labute approximate surface area is 78.1 Å². The summed E-state index contributed by atoms with van der Waals surface area (Å²) in [6.45, 7) is 4.66. The number of primary amides is 1. The van der Waals surface area contributed by atoms with Gasteiger partial charge in [0.25, 0.3) is 0 Å². The van der Waals surface area contributed by atoms with Gasteiger partial charge in [0, 0.05) is 12.0 Å². The van der Waals surface area contributed by atoms with Gasteiger partial charge in [-0.25, -0.2) is 0 Å². The molecule has 4 nitrogen and oxygen atoms in total. The van der Waals surface area contributed by atoms with Crippen LogP contribution in [-0.4, -0.2) is 29.8 Å². The van der Waals surface area contributed by atoms with E-state index < -0.39 is 5.91 Å². The predicted molar refractivity (Wildman–Crippen MR) is 48.8 cm³/mol. The molecule has 0 bridgehead atoms. The quantitative estimate of drug-likeness (QED) is 0.677. The molecule has 0 saturated carbocycles. The van der Waals surface area contributed by atoms with Crippen LogP contribution in [0.1, 0.15) is 26.7 Å². The maximum absolute atomic E-state index is 11.7. The monoisotopic (exact) mass is 184 g/mol. The van der Waals surface area contributed by atoms with Crippen LogP contribution in [-0.2, 0) is 9.59 Å². The van der Waals surface area contributed by atoms with Gasteiger partial charge in [-0.1, -0.05) is 13.8 Å². The van der Waals surface area contributed by atoms with E-state index in [2.05, 4.69) is 0 Å². The minimum absolute atomic E-state index is 0.0637. The van der Waals surface area contributed by atoms with Crippen molar-refractivity contribution in [2.24, 2.45) is 11.1 Å². The van der Waals surface area contributed by atoms with Crippen LogP contribution in [0.2, 0.25) is 0 Å². The summed E-state index contributed by atoms with van der Waals surface area (Å²) in [7, 11) is 0. The van der Waals surface area contributed by atoms with Gasteiger partial charge in [0.2, 0.25) is 11.8 Å². The largest absolute Gasteiger partial charge is 0.368 e. The second-order valence-corrected chi connectivity index (χ2v) is 3.86. The average molecular weight is 184 g/mol. The fraction of sp³-hybridized carbons (Fsp3) is 0.778. The van der Waals surface area contributed by atoms with Gasteiger partial charge in [-0.2, -0.15) is 0 Å². The summed E-state index contributed by atoms with van der Waals surface area (Å²) >= 11 is 0. The van der Waals surface area contributed by atoms with Crippen molar-refractivity contribution in [2.45, 2.75) is 26.7 Å². The lowest BCUT2D eigenvalue weighted by Gasteiger charge is -2.20. The number of rotatable bonds is 3. The van der Waals surface area contributed by atoms with E-state index in [0.717, 1.165) is 12.8 Å². The molecular formula is C9H16N2O2. The lowest BCUT2D eigenvalue weighted by Crippen LogP contribution is -2.38. The Hall–Kier alpha value is -1.06. The fourth-order valence-electron chi connectivity index (χ4n) is 1.64. The molecule has 1 unspecified atom stereocenters. The third-order valence-electron chi connectivity index (χ3n) is 2.86. The summed E-state index contributed by atoms with van der Waals surface area (Å²) in [5, 5.41) is 0. The first-order valence-corrected chi connectivity index (χ1v) is 4.57. The molecule has 1 aliphatic rings. The zero-order valence-corrected chi connectivity index (χ0v) is 8.17. The first-order valence-electron chi connectivity index (χ1n) is 4.57. The zero-order chi connectivity index (χ0) is 10.1. The molecule has 1 rings (SSSR count).